The van der Waals surface area contributed by atoms with E-state index in [1.165, 1.54) is 12.1 Å². The van der Waals surface area contributed by atoms with Gasteiger partial charge >= 0.3 is 0 Å². The van der Waals surface area contributed by atoms with Gasteiger partial charge in [-0.15, -0.1) is 24.8 Å². The van der Waals surface area contributed by atoms with Crippen LogP contribution >= 0.6 is 24.8 Å². The standard InChI is InChI=1S/C20H23FN4O.2ClH/c1-2-5-16(22)20(26)24-18(14-8-10-15(21)11-9-14)12-25-13-23-17-6-3-4-7-19(17)25;;/h3-4,6-11,13,16,18H,2,5,12,22H2,1H3,(H,24,26);2*1H. The summed E-state index contributed by atoms with van der Waals surface area (Å²) in [5, 5.41) is 3.01. The van der Waals surface area contributed by atoms with E-state index < -0.39 is 6.04 Å². The van der Waals surface area contributed by atoms with Gasteiger partial charge < -0.3 is 15.6 Å². The van der Waals surface area contributed by atoms with Crippen LogP contribution < -0.4 is 11.1 Å². The Bertz CT molecular complexity index is 885. The van der Waals surface area contributed by atoms with Crippen molar-refractivity contribution in [1.29, 1.82) is 0 Å². The molecule has 1 aromatic heterocycles. The van der Waals surface area contributed by atoms with Crippen LogP contribution in [0.2, 0.25) is 0 Å². The molecule has 8 heteroatoms. The van der Waals surface area contributed by atoms with Crippen molar-refractivity contribution in [3.63, 3.8) is 0 Å². The second-order valence-corrected chi connectivity index (χ2v) is 6.39. The number of nitrogens with two attached hydrogens (primary N) is 1. The van der Waals surface area contributed by atoms with Gasteiger partial charge in [-0.2, -0.15) is 0 Å². The number of aromatic nitrogens is 2. The minimum absolute atomic E-state index is 0. The third-order valence-corrected chi connectivity index (χ3v) is 4.43. The lowest BCUT2D eigenvalue weighted by molar-refractivity contribution is -0.123. The van der Waals surface area contributed by atoms with Gasteiger partial charge in [0.05, 0.1) is 29.4 Å². The summed E-state index contributed by atoms with van der Waals surface area (Å²) in [5.41, 5.74) is 8.64. The fraction of sp³-hybridized carbons (Fsp3) is 0.300. The Hall–Kier alpha value is -2.15. The van der Waals surface area contributed by atoms with Crippen molar-refractivity contribution >= 4 is 41.8 Å². The molecule has 1 amide bonds. The molecule has 3 rings (SSSR count). The van der Waals surface area contributed by atoms with Gasteiger partial charge in [0.1, 0.15) is 5.82 Å². The first kappa shape index (κ1) is 23.9. The van der Waals surface area contributed by atoms with Crippen molar-refractivity contribution in [1.82, 2.24) is 14.9 Å². The van der Waals surface area contributed by atoms with Crippen LogP contribution in [-0.2, 0) is 11.3 Å². The number of hydrogen-bond donors (Lipinski definition) is 2. The number of carbonyl (C=O) groups is 1. The third-order valence-electron chi connectivity index (χ3n) is 4.43. The van der Waals surface area contributed by atoms with Gasteiger partial charge in [0, 0.05) is 6.54 Å². The highest BCUT2D eigenvalue weighted by molar-refractivity contribution is 5.85. The maximum Gasteiger partial charge on any atom is 0.237 e. The first-order valence-corrected chi connectivity index (χ1v) is 8.79. The number of imidazole rings is 1. The van der Waals surface area contributed by atoms with E-state index in [1.807, 2.05) is 35.8 Å². The number of fused-ring (bicyclic) bond motifs is 1. The molecule has 2 aromatic carbocycles. The van der Waals surface area contributed by atoms with Gasteiger partial charge in [0.2, 0.25) is 5.91 Å². The van der Waals surface area contributed by atoms with E-state index in [0.29, 0.717) is 13.0 Å². The van der Waals surface area contributed by atoms with Crippen LogP contribution in [0.15, 0.2) is 54.9 Å². The number of para-hydroxylation sites is 2. The number of rotatable bonds is 7. The zero-order valence-electron chi connectivity index (χ0n) is 15.5. The molecule has 0 spiro atoms. The molecule has 3 N–H and O–H groups in total. The van der Waals surface area contributed by atoms with E-state index in [4.69, 9.17) is 5.73 Å². The summed E-state index contributed by atoms with van der Waals surface area (Å²) in [7, 11) is 0. The topological polar surface area (TPSA) is 72.9 Å². The molecule has 0 radical (unpaired) electrons. The lowest BCUT2D eigenvalue weighted by Crippen LogP contribution is -2.43. The van der Waals surface area contributed by atoms with E-state index in [1.54, 1.807) is 18.5 Å². The number of nitrogens with one attached hydrogen (secondary N) is 1. The van der Waals surface area contributed by atoms with Crippen LogP contribution in [0.4, 0.5) is 4.39 Å². The Morgan fingerprint density at radius 1 is 1.18 bits per heavy atom. The highest BCUT2D eigenvalue weighted by Gasteiger charge is 2.20. The van der Waals surface area contributed by atoms with Gasteiger partial charge in [0.25, 0.3) is 0 Å². The van der Waals surface area contributed by atoms with Gasteiger partial charge in [-0.1, -0.05) is 37.6 Å². The molecule has 0 bridgehead atoms. The number of nitrogens with zero attached hydrogens (tertiary/aromatic N) is 2. The Labute approximate surface area is 176 Å². The summed E-state index contributed by atoms with van der Waals surface area (Å²) in [6.45, 7) is 2.47. The Balaban J connectivity index is 0.00000196. The van der Waals surface area contributed by atoms with Crippen molar-refractivity contribution in [3.8, 4) is 0 Å². The zero-order chi connectivity index (χ0) is 18.5. The normalized spacial score (nSPS) is 12.5. The van der Waals surface area contributed by atoms with Crippen molar-refractivity contribution in [2.24, 2.45) is 5.73 Å². The van der Waals surface area contributed by atoms with Crippen LogP contribution in [0.1, 0.15) is 31.4 Å². The van der Waals surface area contributed by atoms with Gasteiger partial charge in [0.15, 0.2) is 0 Å². The number of hydrogen-bond acceptors (Lipinski definition) is 3. The average Bonchev–Trinajstić information content (AvgIpc) is 3.05. The quantitative estimate of drug-likeness (QED) is 0.599. The van der Waals surface area contributed by atoms with Crippen LogP contribution in [0.3, 0.4) is 0 Å². The highest BCUT2D eigenvalue weighted by Crippen LogP contribution is 2.20. The number of carbonyl (C=O) groups excluding carboxylic acids is 1. The third kappa shape index (κ3) is 5.67. The maximum atomic E-state index is 13.3. The molecule has 2 unspecified atom stereocenters. The molecule has 0 aliphatic carbocycles. The predicted molar refractivity (Wildman–Crippen MR) is 114 cm³/mol. The summed E-state index contributed by atoms with van der Waals surface area (Å²) in [6.07, 6.45) is 3.21. The van der Waals surface area contributed by atoms with Crippen LogP contribution in [-0.4, -0.2) is 21.5 Å². The van der Waals surface area contributed by atoms with Crippen molar-refractivity contribution < 1.29 is 9.18 Å². The summed E-state index contributed by atoms with van der Waals surface area (Å²) in [5.74, 6) is -0.514. The second kappa shape index (κ2) is 11.0. The Morgan fingerprint density at radius 3 is 2.54 bits per heavy atom. The summed E-state index contributed by atoms with van der Waals surface area (Å²) < 4.78 is 15.3. The number of benzene rings is 2. The molecule has 0 saturated carbocycles. The number of amides is 1. The molecule has 1 heterocycles. The van der Waals surface area contributed by atoms with Gasteiger partial charge in [-0.25, -0.2) is 9.37 Å². The fourth-order valence-corrected chi connectivity index (χ4v) is 3.00. The first-order valence-electron chi connectivity index (χ1n) is 8.79. The van der Waals surface area contributed by atoms with E-state index in [-0.39, 0.29) is 42.6 Å². The Morgan fingerprint density at radius 2 is 1.86 bits per heavy atom. The first-order chi connectivity index (χ1) is 12.6. The molecule has 3 aromatic rings. The molecule has 28 heavy (non-hydrogen) atoms. The molecular weight excluding hydrogens is 402 g/mol. The van der Waals surface area contributed by atoms with Gasteiger partial charge in [-0.3, -0.25) is 4.79 Å². The molecule has 152 valence electrons. The fourth-order valence-electron chi connectivity index (χ4n) is 3.00. The summed E-state index contributed by atoms with van der Waals surface area (Å²) in [6, 6.07) is 13.1. The van der Waals surface area contributed by atoms with Crippen molar-refractivity contribution in [3.05, 3.63) is 66.2 Å². The largest absolute Gasteiger partial charge is 0.346 e. The monoisotopic (exact) mass is 426 g/mol. The number of halogens is 3. The highest BCUT2D eigenvalue weighted by atomic mass is 35.5. The van der Waals surface area contributed by atoms with E-state index >= 15 is 0 Å². The van der Waals surface area contributed by atoms with E-state index in [9.17, 15) is 9.18 Å². The summed E-state index contributed by atoms with van der Waals surface area (Å²) >= 11 is 0. The van der Waals surface area contributed by atoms with Crippen molar-refractivity contribution in [2.75, 3.05) is 0 Å². The molecule has 0 aliphatic rings. The SMILES string of the molecule is CCCC(N)C(=O)NC(Cn1cnc2ccccc21)c1ccc(F)cc1.Cl.Cl. The predicted octanol–water partition coefficient (Wildman–Crippen LogP) is 4.00. The van der Waals surface area contributed by atoms with Crippen LogP contribution in [0.5, 0.6) is 0 Å². The maximum absolute atomic E-state index is 13.3. The molecule has 0 saturated heterocycles. The molecular formula is C20H25Cl2FN4O. The lowest BCUT2D eigenvalue weighted by Gasteiger charge is -2.22. The second-order valence-electron chi connectivity index (χ2n) is 6.39. The molecule has 5 nitrogen and oxygen atoms in total. The van der Waals surface area contributed by atoms with Crippen LogP contribution in [0, 0.1) is 5.82 Å². The summed E-state index contributed by atoms with van der Waals surface area (Å²) in [4.78, 5) is 16.8. The molecule has 2 atom stereocenters. The van der Waals surface area contributed by atoms with Crippen molar-refractivity contribution in [2.45, 2.75) is 38.4 Å². The smallest absolute Gasteiger partial charge is 0.237 e. The molecule has 0 fully saturated rings. The van der Waals surface area contributed by atoms with E-state index in [2.05, 4.69) is 10.3 Å². The molecule has 0 aliphatic heterocycles. The zero-order valence-corrected chi connectivity index (χ0v) is 17.2. The van der Waals surface area contributed by atoms with E-state index in [0.717, 1.165) is 23.0 Å². The van der Waals surface area contributed by atoms with Crippen LogP contribution in [0.25, 0.3) is 11.0 Å². The minimum Gasteiger partial charge on any atom is -0.346 e. The average molecular weight is 427 g/mol. The van der Waals surface area contributed by atoms with Gasteiger partial charge in [-0.05, 0) is 36.2 Å². The lowest BCUT2D eigenvalue weighted by atomic mass is 10.1. The minimum atomic E-state index is -0.553. The Kier molecular flexibility index (Phi) is 9.38.